The Morgan fingerprint density at radius 2 is 1.89 bits per heavy atom. The normalized spacial score (nSPS) is 11.7. The number of amides is 1. The molecule has 0 radical (unpaired) electrons. The Bertz CT molecular complexity index is 1040. The van der Waals surface area contributed by atoms with E-state index in [1.165, 1.54) is 17.9 Å². The van der Waals surface area contributed by atoms with Crippen LogP contribution >= 0.6 is 0 Å². The van der Waals surface area contributed by atoms with Gasteiger partial charge in [-0.15, -0.1) is 0 Å². The van der Waals surface area contributed by atoms with E-state index in [0.29, 0.717) is 17.1 Å². The van der Waals surface area contributed by atoms with Crippen LogP contribution in [-0.4, -0.2) is 34.5 Å². The molecular formula is C20H21F3N4O. The van der Waals surface area contributed by atoms with Gasteiger partial charge < -0.3 is 14.8 Å². The molecule has 28 heavy (non-hydrogen) atoms. The van der Waals surface area contributed by atoms with Gasteiger partial charge in [-0.3, -0.25) is 4.79 Å². The maximum atomic E-state index is 13.3. The number of aryl methyl sites for hydroxylation is 1. The number of benzene rings is 1. The van der Waals surface area contributed by atoms with Crippen LogP contribution in [0.2, 0.25) is 0 Å². The standard InChI is InChI=1S/C20H21F3N4O/c1-12-5-6-15(20(21,22)23)13(2)18(12)25-19-14-8-10-27(11-17(28)26(3)4)16(14)7-9-24-19/h5-10H,11H2,1-4H3,(H,24,25). The predicted octanol–water partition coefficient (Wildman–Crippen LogP) is 4.50. The van der Waals surface area contributed by atoms with Crippen LogP contribution in [0.1, 0.15) is 16.7 Å². The van der Waals surface area contributed by atoms with Gasteiger partial charge in [-0.2, -0.15) is 13.2 Å². The van der Waals surface area contributed by atoms with Crippen molar-refractivity contribution in [2.24, 2.45) is 0 Å². The molecule has 0 saturated carbocycles. The van der Waals surface area contributed by atoms with Gasteiger partial charge in [0.1, 0.15) is 12.4 Å². The minimum atomic E-state index is -4.43. The number of likely N-dealkylation sites (N-methyl/N-ethyl adjacent to an activating group) is 1. The summed E-state index contributed by atoms with van der Waals surface area (Å²) < 4.78 is 41.6. The van der Waals surface area contributed by atoms with Crippen LogP contribution in [0.15, 0.2) is 36.7 Å². The number of anilines is 2. The number of carbonyl (C=O) groups excluding carboxylic acids is 1. The van der Waals surface area contributed by atoms with Gasteiger partial charge in [0.2, 0.25) is 5.91 Å². The minimum Gasteiger partial charge on any atom is -0.347 e. The van der Waals surface area contributed by atoms with Crippen LogP contribution in [0.25, 0.3) is 10.9 Å². The molecule has 0 saturated heterocycles. The Labute approximate surface area is 160 Å². The van der Waals surface area contributed by atoms with Crippen LogP contribution in [0, 0.1) is 13.8 Å². The number of alkyl halides is 3. The minimum absolute atomic E-state index is 0.0617. The topological polar surface area (TPSA) is 50.2 Å². The average Bonchev–Trinajstić information content (AvgIpc) is 3.01. The van der Waals surface area contributed by atoms with Crippen molar-refractivity contribution >= 4 is 28.3 Å². The highest BCUT2D eigenvalue weighted by Gasteiger charge is 2.33. The number of fused-ring (bicyclic) bond motifs is 1. The predicted molar refractivity (Wildman–Crippen MR) is 103 cm³/mol. The molecule has 3 aromatic rings. The summed E-state index contributed by atoms with van der Waals surface area (Å²) in [5, 5.41) is 3.79. The number of pyridine rings is 1. The highest BCUT2D eigenvalue weighted by Crippen LogP contribution is 2.37. The molecule has 0 aliphatic rings. The third kappa shape index (κ3) is 3.67. The zero-order valence-electron chi connectivity index (χ0n) is 16.1. The summed E-state index contributed by atoms with van der Waals surface area (Å²) in [5.41, 5.74) is 1.28. The van der Waals surface area contributed by atoms with Gasteiger partial charge in [0.05, 0.1) is 11.1 Å². The number of rotatable bonds is 4. The maximum absolute atomic E-state index is 13.3. The smallest absolute Gasteiger partial charge is 0.347 e. The highest BCUT2D eigenvalue weighted by molar-refractivity contribution is 5.93. The Morgan fingerprint density at radius 3 is 2.54 bits per heavy atom. The monoisotopic (exact) mass is 390 g/mol. The molecule has 5 nitrogen and oxygen atoms in total. The summed E-state index contributed by atoms with van der Waals surface area (Å²) in [6.07, 6.45) is -1.09. The molecule has 2 aromatic heterocycles. The number of hydrogen-bond donors (Lipinski definition) is 1. The van der Waals surface area contributed by atoms with Crippen LogP contribution in [0.5, 0.6) is 0 Å². The summed E-state index contributed by atoms with van der Waals surface area (Å²) in [7, 11) is 3.36. The van der Waals surface area contributed by atoms with Gasteiger partial charge >= 0.3 is 6.18 Å². The van der Waals surface area contributed by atoms with Crippen LogP contribution in [-0.2, 0) is 17.5 Å². The van der Waals surface area contributed by atoms with Crippen LogP contribution in [0.3, 0.4) is 0 Å². The average molecular weight is 390 g/mol. The van der Waals surface area contributed by atoms with E-state index >= 15 is 0 Å². The van der Waals surface area contributed by atoms with Crippen molar-refractivity contribution in [3.8, 4) is 0 Å². The maximum Gasteiger partial charge on any atom is 0.416 e. The van der Waals surface area contributed by atoms with Gasteiger partial charge in [0.25, 0.3) is 0 Å². The van der Waals surface area contributed by atoms with Crippen molar-refractivity contribution in [2.75, 3.05) is 19.4 Å². The molecular weight excluding hydrogens is 369 g/mol. The van der Waals surface area contributed by atoms with E-state index in [1.807, 2.05) is 0 Å². The van der Waals surface area contributed by atoms with E-state index in [9.17, 15) is 18.0 Å². The Kier molecular flexibility index (Phi) is 5.06. The fraction of sp³-hybridized carbons (Fsp3) is 0.300. The Balaban J connectivity index is 2.03. The lowest BCUT2D eigenvalue weighted by Gasteiger charge is -2.18. The summed E-state index contributed by atoms with van der Waals surface area (Å²) in [6.45, 7) is 3.36. The molecule has 8 heteroatoms. The molecule has 3 rings (SSSR count). The van der Waals surface area contributed by atoms with Crippen molar-refractivity contribution in [3.63, 3.8) is 0 Å². The summed E-state index contributed by atoms with van der Waals surface area (Å²) >= 11 is 0. The Morgan fingerprint density at radius 1 is 1.18 bits per heavy atom. The largest absolute Gasteiger partial charge is 0.416 e. The lowest BCUT2D eigenvalue weighted by Crippen LogP contribution is -2.25. The fourth-order valence-electron chi connectivity index (χ4n) is 3.11. The van der Waals surface area contributed by atoms with E-state index < -0.39 is 11.7 Å². The third-order valence-electron chi connectivity index (χ3n) is 4.72. The fourth-order valence-corrected chi connectivity index (χ4v) is 3.11. The van der Waals surface area contributed by atoms with Crippen molar-refractivity contribution < 1.29 is 18.0 Å². The summed E-state index contributed by atoms with van der Waals surface area (Å²) in [6, 6.07) is 6.10. The van der Waals surface area contributed by atoms with E-state index in [-0.39, 0.29) is 18.0 Å². The summed E-state index contributed by atoms with van der Waals surface area (Å²) in [4.78, 5) is 17.8. The van der Waals surface area contributed by atoms with Crippen molar-refractivity contribution in [1.82, 2.24) is 14.5 Å². The zero-order chi connectivity index (χ0) is 20.6. The molecule has 1 amide bonds. The lowest BCUT2D eigenvalue weighted by molar-refractivity contribution is -0.138. The van der Waals surface area contributed by atoms with Crippen molar-refractivity contribution in [3.05, 3.63) is 53.3 Å². The molecule has 1 N–H and O–H groups in total. The van der Waals surface area contributed by atoms with Gasteiger partial charge in [0.15, 0.2) is 0 Å². The van der Waals surface area contributed by atoms with Gasteiger partial charge in [0, 0.05) is 37.6 Å². The Hall–Kier alpha value is -3.03. The summed E-state index contributed by atoms with van der Waals surface area (Å²) in [5.74, 6) is 0.382. The first-order valence-corrected chi connectivity index (χ1v) is 8.68. The van der Waals surface area contributed by atoms with Gasteiger partial charge in [-0.05, 0) is 43.2 Å². The third-order valence-corrected chi connectivity index (χ3v) is 4.72. The second kappa shape index (κ2) is 7.18. The van der Waals surface area contributed by atoms with Crippen LogP contribution < -0.4 is 5.32 Å². The first kappa shape index (κ1) is 19.7. The lowest BCUT2D eigenvalue weighted by atomic mass is 10.0. The van der Waals surface area contributed by atoms with Crippen LogP contribution in [0.4, 0.5) is 24.7 Å². The number of aromatic nitrogens is 2. The number of carbonyl (C=O) groups is 1. The molecule has 0 unspecified atom stereocenters. The molecule has 0 bridgehead atoms. The van der Waals surface area contributed by atoms with Gasteiger partial charge in [-0.1, -0.05) is 6.07 Å². The molecule has 0 aliphatic carbocycles. The van der Waals surface area contributed by atoms with E-state index in [1.54, 1.807) is 50.1 Å². The first-order chi connectivity index (χ1) is 13.1. The van der Waals surface area contributed by atoms with E-state index in [4.69, 9.17) is 0 Å². The highest BCUT2D eigenvalue weighted by atomic mass is 19.4. The number of nitrogens with one attached hydrogen (secondary N) is 1. The number of halogens is 3. The second-order valence-corrected chi connectivity index (χ2v) is 6.88. The quantitative estimate of drug-likeness (QED) is 0.713. The number of hydrogen-bond acceptors (Lipinski definition) is 3. The molecule has 148 valence electrons. The molecule has 2 heterocycles. The zero-order valence-corrected chi connectivity index (χ0v) is 16.1. The van der Waals surface area contributed by atoms with Crippen molar-refractivity contribution in [2.45, 2.75) is 26.6 Å². The molecule has 0 fully saturated rings. The van der Waals surface area contributed by atoms with E-state index in [0.717, 1.165) is 17.0 Å². The second-order valence-electron chi connectivity index (χ2n) is 6.88. The molecule has 0 aliphatic heterocycles. The number of nitrogens with zero attached hydrogens (tertiary/aromatic N) is 3. The first-order valence-electron chi connectivity index (χ1n) is 8.68. The SMILES string of the molecule is Cc1ccc(C(F)(F)F)c(C)c1Nc1nccc2c1ccn2CC(=O)N(C)C. The van der Waals surface area contributed by atoms with Crippen molar-refractivity contribution in [1.29, 1.82) is 0 Å². The molecule has 1 aromatic carbocycles. The molecule has 0 spiro atoms. The van der Waals surface area contributed by atoms with Gasteiger partial charge in [-0.25, -0.2) is 4.98 Å². The van der Waals surface area contributed by atoms with E-state index in [2.05, 4.69) is 10.3 Å². The molecule has 0 atom stereocenters.